The zero-order chi connectivity index (χ0) is 19.6. The Hall–Kier alpha value is -2.99. The van der Waals surface area contributed by atoms with Gasteiger partial charge in [-0.05, 0) is 50.2 Å². The molecule has 3 rings (SSSR count). The normalized spacial score (nSPS) is 15.6. The van der Waals surface area contributed by atoms with Gasteiger partial charge in [0, 0.05) is 22.9 Å². The van der Waals surface area contributed by atoms with Gasteiger partial charge in [-0.3, -0.25) is 4.79 Å². The molecule has 2 N–H and O–H groups in total. The third-order valence-electron chi connectivity index (χ3n) is 3.94. The van der Waals surface area contributed by atoms with Crippen LogP contribution in [-0.2, 0) is 4.79 Å². The highest BCUT2D eigenvalue weighted by atomic mass is 35.5. The number of halogens is 1. The molecule has 0 aromatic heterocycles. The second-order valence-corrected chi connectivity index (χ2v) is 6.85. The van der Waals surface area contributed by atoms with Crippen molar-refractivity contribution < 1.29 is 14.3 Å². The summed E-state index contributed by atoms with van der Waals surface area (Å²) in [6.45, 7) is 7.83. The molecule has 0 spiro atoms. The Morgan fingerprint density at radius 2 is 1.93 bits per heavy atom. The van der Waals surface area contributed by atoms with E-state index >= 15 is 0 Å². The van der Waals surface area contributed by atoms with E-state index in [9.17, 15) is 9.59 Å². The van der Waals surface area contributed by atoms with E-state index < -0.39 is 12.1 Å². The van der Waals surface area contributed by atoms with E-state index in [1.54, 1.807) is 54.3 Å². The van der Waals surface area contributed by atoms with E-state index in [-0.39, 0.29) is 5.91 Å². The summed E-state index contributed by atoms with van der Waals surface area (Å²) < 4.78 is 5.66. The summed E-state index contributed by atoms with van der Waals surface area (Å²) >= 11 is 5.92. The number of fused-ring (bicyclic) bond motifs is 1. The number of urea groups is 1. The van der Waals surface area contributed by atoms with Crippen LogP contribution in [0.2, 0.25) is 5.02 Å². The minimum atomic E-state index is -0.568. The van der Waals surface area contributed by atoms with E-state index in [2.05, 4.69) is 17.2 Å². The monoisotopic (exact) mass is 385 g/mol. The number of nitrogens with one attached hydrogen (secondary N) is 2. The fourth-order valence-electron chi connectivity index (χ4n) is 2.78. The van der Waals surface area contributed by atoms with E-state index in [0.29, 0.717) is 34.4 Å². The van der Waals surface area contributed by atoms with E-state index in [0.717, 1.165) is 5.57 Å². The molecular formula is C20H20ClN3O3. The predicted molar refractivity (Wildman–Crippen MR) is 108 cm³/mol. The Morgan fingerprint density at radius 3 is 2.59 bits per heavy atom. The number of carbonyl (C=O) groups is 2. The number of nitrogens with zero attached hydrogens (tertiary/aromatic N) is 1. The van der Waals surface area contributed by atoms with Gasteiger partial charge in [-0.25, -0.2) is 4.79 Å². The fourth-order valence-corrected chi connectivity index (χ4v) is 2.97. The molecule has 0 fully saturated rings. The van der Waals surface area contributed by atoms with Crippen molar-refractivity contribution >= 4 is 40.6 Å². The zero-order valence-electron chi connectivity index (χ0n) is 15.1. The molecule has 7 heteroatoms. The van der Waals surface area contributed by atoms with Crippen LogP contribution in [0.25, 0.3) is 0 Å². The number of benzene rings is 2. The van der Waals surface area contributed by atoms with Crippen LogP contribution in [0.15, 0.2) is 54.6 Å². The van der Waals surface area contributed by atoms with Crippen molar-refractivity contribution in [1.29, 1.82) is 0 Å². The summed E-state index contributed by atoms with van der Waals surface area (Å²) in [5.74, 6) is 0.440. The first-order chi connectivity index (χ1) is 12.8. The van der Waals surface area contributed by atoms with Crippen LogP contribution in [0.5, 0.6) is 5.75 Å². The average molecular weight is 386 g/mol. The molecule has 0 radical (unpaired) electrons. The molecule has 2 aromatic rings. The number of hydrogen-bond acceptors (Lipinski definition) is 3. The van der Waals surface area contributed by atoms with Gasteiger partial charge in [0.15, 0.2) is 6.10 Å². The standard InChI is InChI=1S/C20H20ClN3O3/c1-12(2)11-24-17-10-16(7-8-18(17)27-13(3)19(24)25)23-20(26)22-15-6-4-5-14(21)9-15/h4-10,13H,1,11H2,2-3H3,(H2,22,23,26). The summed E-state index contributed by atoms with van der Waals surface area (Å²) in [6, 6.07) is 11.6. The van der Waals surface area contributed by atoms with Gasteiger partial charge >= 0.3 is 6.03 Å². The summed E-state index contributed by atoms with van der Waals surface area (Å²) in [7, 11) is 0. The molecule has 0 saturated carbocycles. The van der Waals surface area contributed by atoms with Gasteiger partial charge < -0.3 is 20.3 Å². The molecule has 1 atom stereocenters. The van der Waals surface area contributed by atoms with Crippen molar-refractivity contribution in [2.75, 3.05) is 22.1 Å². The van der Waals surface area contributed by atoms with Crippen LogP contribution in [0.4, 0.5) is 21.9 Å². The van der Waals surface area contributed by atoms with Crippen molar-refractivity contribution in [1.82, 2.24) is 0 Å². The van der Waals surface area contributed by atoms with Gasteiger partial charge in [-0.1, -0.05) is 29.8 Å². The molecule has 27 heavy (non-hydrogen) atoms. The minimum Gasteiger partial charge on any atom is -0.479 e. The maximum atomic E-state index is 12.5. The number of ether oxygens (including phenoxy) is 1. The molecule has 6 nitrogen and oxygen atoms in total. The Balaban J connectivity index is 1.80. The molecule has 2 aromatic carbocycles. The van der Waals surface area contributed by atoms with Crippen LogP contribution in [0, 0.1) is 0 Å². The Morgan fingerprint density at radius 1 is 1.22 bits per heavy atom. The molecule has 1 aliphatic rings. The maximum Gasteiger partial charge on any atom is 0.323 e. The van der Waals surface area contributed by atoms with Crippen molar-refractivity contribution in [3.63, 3.8) is 0 Å². The SMILES string of the molecule is C=C(C)CN1C(=O)C(C)Oc2ccc(NC(=O)Nc3cccc(Cl)c3)cc21. The first-order valence-electron chi connectivity index (χ1n) is 8.43. The van der Waals surface area contributed by atoms with E-state index in [1.807, 2.05) is 6.92 Å². The van der Waals surface area contributed by atoms with Crippen LogP contribution >= 0.6 is 11.6 Å². The number of amides is 3. The number of hydrogen-bond donors (Lipinski definition) is 2. The molecule has 1 aliphatic heterocycles. The maximum absolute atomic E-state index is 12.5. The number of anilines is 3. The fraction of sp³-hybridized carbons (Fsp3) is 0.200. The Bertz CT molecular complexity index is 913. The van der Waals surface area contributed by atoms with Crippen LogP contribution in [-0.4, -0.2) is 24.6 Å². The minimum absolute atomic E-state index is 0.147. The second kappa shape index (κ2) is 7.72. The summed E-state index contributed by atoms with van der Waals surface area (Å²) in [6.07, 6.45) is -0.568. The van der Waals surface area contributed by atoms with E-state index in [4.69, 9.17) is 16.3 Å². The number of carbonyl (C=O) groups excluding carboxylic acids is 2. The zero-order valence-corrected chi connectivity index (χ0v) is 15.8. The average Bonchev–Trinajstić information content (AvgIpc) is 2.59. The highest BCUT2D eigenvalue weighted by Gasteiger charge is 2.31. The van der Waals surface area contributed by atoms with Crippen molar-refractivity contribution in [2.45, 2.75) is 20.0 Å². The van der Waals surface area contributed by atoms with Gasteiger partial charge in [-0.2, -0.15) is 0 Å². The Labute approximate surface area is 162 Å². The lowest BCUT2D eigenvalue weighted by Gasteiger charge is -2.33. The predicted octanol–water partition coefficient (Wildman–Crippen LogP) is 4.67. The Kier molecular flexibility index (Phi) is 5.37. The summed E-state index contributed by atoms with van der Waals surface area (Å²) in [4.78, 5) is 26.3. The second-order valence-electron chi connectivity index (χ2n) is 6.41. The quantitative estimate of drug-likeness (QED) is 0.751. The largest absolute Gasteiger partial charge is 0.479 e. The lowest BCUT2D eigenvalue weighted by atomic mass is 10.1. The van der Waals surface area contributed by atoms with Crippen molar-refractivity contribution in [3.8, 4) is 5.75 Å². The molecule has 140 valence electrons. The smallest absolute Gasteiger partial charge is 0.323 e. The van der Waals surface area contributed by atoms with Crippen LogP contribution < -0.4 is 20.3 Å². The molecule has 0 bridgehead atoms. The molecular weight excluding hydrogens is 366 g/mol. The summed E-state index contributed by atoms with van der Waals surface area (Å²) in [5, 5.41) is 5.99. The lowest BCUT2D eigenvalue weighted by Crippen LogP contribution is -2.45. The van der Waals surface area contributed by atoms with Gasteiger partial charge in [0.2, 0.25) is 0 Å². The van der Waals surface area contributed by atoms with Gasteiger partial charge in [0.1, 0.15) is 5.75 Å². The lowest BCUT2D eigenvalue weighted by molar-refractivity contribution is -0.125. The third kappa shape index (κ3) is 4.41. The summed E-state index contributed by atoms with van der Waals surface area (Å²) in [5.41, 5.74) is 2.56. The van der Waals surface area contributed by atoms with Gasteiger partial charge in [-0.15, -0.1) is 0 Å². The van der Waals surface area contributed by atoms with Gasteiger partial charge in [0.05, 0.1) is 5.69 Å². The van der Waals surface area contributed by atoms with Crippen molar-refractivity contribution in [3.05, 3.63) is 59.6 Å². The first kappa shape index (κ1) is 18.8. The molecule has 0 aliphatic carbocycles. The molecule has 3 amide bonds. The van der Waals surface area contributed by atoms with Crippen molar-refractivity contribution in [2.24, 2.45) is 0 Å². The highest BCUT2D eigenvalue weighted by Crippen LogP contribution is 2.36. The molecule has 0 saturated heterocycles. The number of rotatable bonds is 4. The topological polar surface area (TPSA) is 70.7 Å². The van der Waals surface area contributed by atoms with Crippen LogP contribution in [0.3, 0.4) is 0 Å². The molecule has 1 unspecified atom stereocenters. The molecule has 1 heterocycles. The highest BCUT2D eigenvalue weighted by molar-refractivity contribution is 6.30. The van der Waals surface area contributed by atoms with E-state index in [1.165, 1.54) is 0 Å². The van der Waals surface area contributed by atoms with Gasteiger partial charge in [0.25, 0.3) is 5.91 Å². The third-order valence-corrected chi connectivity index (χ3v) is 4.17. The first-order valence-corrected chi connectivity index (χ1v) is 8.81. The van der Waals surface area contributed by atoms with Crippen LogP contribution in [0.1, 0.15) is 13.8 Å².